The molecule has 0 spiro atoms. The highest BCUT2D eigenvalue weighted by Crippen LogP contribution is 2.29. The number of aryl methyl sites for hydroxylation is 2. The van der Waals surface area contributed by atoms with Crippen molar-refractivity contribution in [2.24, 2.45) is 5.10 Å². The molecule has 2 aromatic carbocycles. The predicted octanol–water partition coefficient (Wildman–Crippen LogP) is 3.23. The van der Waals surface area contributed by atoms with Crippen LogP contribution in [-0.2, 0) is 10.0 Å². The number of hydrazone groups is 1. The van der Waals surface area contributed by atoms with Crippen molar-refractivity contribution in [3.05, 3.63) is 53.1 Å². The number of hydrogen-bond acceptors (Lipinski definition) is 5. The predicted molar refractivity (Wildman–Crippen MR) is 93.5 cm³/mol. The molecule has 0 heterocycles. The van der Waals surface area contributed by atoms with E-state index in [4.69, 9.17) is 4.74 Å². The molecule has 0 aliphatic heterocycles. The number of benzene rings is 2. The molecular formula is C17H18F2N2O4S. The van der Waals surface area contributed by atoms with Gasteiger partial charge in [0.25, 0.3) is 10.0 Å². The van der Waals surface area contributed by atoms with Crippen LogP contribution in [0.3, 0.4) is 0 Å². The Bertz CT molecular complexity index is 915. The highest BCUT2D eigenvalue weighted by Gasteiger charge is 2.16. The number of halogens is 2. The Morgan fingerprint density at radius 1 is 1.12 bits per heavy atom. The summed E-state index contributed by atoms with van der Waals surface area (Å²) < 4.78 is 58.8. The average Bonchev–Trinajstić information content (AvgIpc) is 2.56. The summed E-state index contributed by atoms with van der Waals surface area (Å²) in [6, 6.07) is 9.24. The van der Waals surface area contributed by atoms with E-state index in [1.165, 1.54) is 37.6 Å². The van der Waals surface area contributed by atoms with Crippen LogP contribution in [0.25, 0.3) is 0 Å². The maximum atomic E-state index is 12.4. The van der Waals surface area contributed by atoms with Gasteiger partial charge in [-0.25, -0.2) is 4.83 Å². The van der Waals surface area contributed by atoms with Crippen LogP contribution in [0.5, 0.6) is 11.5 Å². The lowest BCUT2D eigenvalue weighted by atomic mass is 10.2. The number of nitrogens with zero attached hydrogens (tertiary/aromatic N) is 1. The van der Waals surface area contributed by atoms with Crippen LogP contribution in [0.2, 0.25) is 0 Å². The van der Waals surface area contributed by atoms with Crippen molar-refractivity contribution >= 4 is 16.2 Å². The fraction of sp³-hybridized carbons (Fsp3) is 0.235. The van der Waals surface area contributed by atoms with Crippen molar-refractivity contribution in [3.8, 4) is 11.5 Å². The quantitative estimate of drug-likeness (QED) is 0.587. The van der Waals surface area contributed by atoms with E-state index in [0.29, 0.717) is 11.1 Å². The van der Waals surface area contributed by atoms with Crippen LogP contribution in [0.1, 0.15) is 16.7 Å². The van der Waals surface area contributed by atoms with Crippen molar-refractivity contribution in [2.75, 3.05) is 7.11 Å². The van der Waals surface area contributed by atoms with Crippen LogP contribution >= 0.6 is 0 Å². The van der Waals surface area contributed by atoms with Crippen LogP contribution in [0, 0.1) is 13.8 Å². The van der Waals surface area contributed by atoms with E-state index in [1.807, 2.05) is 0 Å². The van der Waals surface area contributed by atoms with Gasteiger partial charge in [0.15, 0.2) is 11.5 Å². The highest BCUT2D eigenvalue weighted by molar-refractivity contribution is 7.89. The summed E-state index contributed by atoms with van der Waals surface area (Å²) in [5, 5.41) is 3.69. The normalized spacial score (nSPS) is 11.8. The van der Waals surface area contributed by atoms with E-state index in [1.54, 1.807) is 26.0 Å². The molecule has 140 valence electrons. The summed E-state index contributed by atoms with van der Waals surface area (Å²) >= 11 is 0. The minimum atomic E-state index is -3.85. The van der Waals surface area contributed by atoms with E-state index in [0.717, 1.165) is 5.56 Å². The molecular weight excluding hydrogens is 366 g/mol. The smallest absolute Gasteiger partial charge is 0.387 e. The fourth-order valence-corrected chi connectivity index (χ4v) is 3.30. The molecule has 6 nitrogen and oxygen atoms in total. The maximum absolute atomic E-state index is 12.4. The molecule has 0 aliphatic rings. The first-order chi connectivity index (χ1) is 12.2. The molecule has 2 rings (SSSR count). The molecule has 0 atom stereocenters. The van der Waals surface area contributed by atoms with Gasteiger partial charge in [-0.05, 0) is 54.8 Å². The molecule has 0 aliphatic carbocycles. The Morgan fingerprint density at radius 2 is 1.85 bits per heavy atom. The van der Waals surface area contributed by atoms with Crippen molar-refractivity contribution in [2.45, 2.75) is 25.4 Å². The summed E-state index contributed by atoms with van der Waals surface area (Å²) in [5.74, 6) is -0.0535. The van der Waals surface area contributed by atoms with Gasteiger partial charge in [0.05, 0.1) is 18.2 Å². The SMILES string of the molecule is COc1ccc(/C=N\NS(=O)(=O)c2cc(C)ccc2C)cc1OC(F)F. The molecule has 0 radical (unpaired) electrons. The molecule has 0 aromatic heterocycles. The number of hydrogen-bond donors (Lipinski definition) is 1. The lowest BCUT2D eigenvalue weighted by Gasteiger charge is -2.10. The second-order valence-electron chi connectivity index (χ2n) is 5.41. The zero-order valence-corrected chi connectivity index (χ0v) is 15.2. The second kappa shape index (κ2) is 8.13. The molecule has 0 amide bonds. The number of methoxy groups -OCH3 is 1. The zero-order valence-electron chi connectivity index (χ0n) is 14.4. The van der Waals surface area contributed by atoms with Gasteiger partial charge in [0.1, 0.15) is 0 Å². The standard InChI is InChI=1S/C17H18F2N2O4S/c1-11-4-5-12(2)16(8-11)26(22,23)21-20-10-13-6-7-14(24-3)15(9-13)25-17(18)19/h4-10,17,21H,1-3H3/b20-10-. The van der Waals surface area contributed by atoms with Gasteiger partial charge in [0, 0.05) is 0 Å². The first-order valence-corrected chi connectivity index (χ1v) is 8.96. The van der Waals surface area contributed by atoms with Gasteiger partial charge >= 0.3 is 6.61 Å². The van der Waals surface area contributed by atoms with Crippen LogP contribution in [-0.4, -0.2) is 28.4 Å². The largest absolute Gasteiger partial charge is 0.493 e. The van der Waals surface area contributed by atoms with E-state index < -0.39 is 16.6 Å². The third-order valence-corrected chi connectivity index (χ3v) is 4.79. The molecule has 1 N–H and O–H groups in total. The van der Waals surface area contributed by atoms with Crippen LogP contribution in [0.4, 0.5) is 8.78 Å². The van der Waals surface area contributed by atoms with Crippen molar-refractivity contribution < 1.29 is 26.7 Å². The fourth-order valence-electron chi connectivity index (χ4n) is 2.18. The number of alkyl halides is 2. The zero-order chi connectivity index (χ0) is 19.3. The second-order valence-corrected chi connectivity index (χ2v) is 7.04. The lowest BCUT2D eigenvalue weighted by molar-refractivity contribution is -0.0512. The number of sulfonamides is 1. The Morgan fingerprint density at radius 3 is 2.50 bits per heavy atom. The Hall–Kier alpha value is -2.68. The van der Waals surface area contributed by atoms with Gasteiger partial charge in [-0.15, -0.1) is 0 Å². The summed E-state index contributed by atoms with van der Waals surface area (Å²) in [4.78, 5) is 2.22. The minimum Gasteiger partial charge on any atom is -0.493 e. The van der Waals surface area contributed by atoms with Crippen molar-refractivity contribution in [1.29, 1.82) is 0 Å². The van der Waals surface area contributed by atoms with E-state index >= 15 is 0 Å². The van der Waals surface area contributed by atoms with Crippen molar-refractivity contribution in [3.63, 3.8) is 0 Å². The lowest BCUT2D eigenvalue weighted by Crippen LogP contribution is -2.19. The first kappa shape index (κ1) is 19.6. The molecule has 0 unspecified atom stereocenters. The highest BCUT2D eigenvalue weighted by atomic mass is 32.2. The molecule has 0 saturated carbocycles. The summed E-state index contributed by atoms with van der Waals surface area (Å²) in [5.41, 5.74) is 1.73. The summed E-state index contributed by atoms with van der Waals surface area (Å²) in [7, 11) is -2.53. The van der Waals surface area contributed by atoms with Crippen LogP contribution in [0.15, 0.2) is 46.4 Å². The number of rotatable bonds is 7. The first-order valence-electron chi connectivity index (χ1n) is 7.48. The Labute approximate surface area is 150 Å². The van der Waals surface area contributed by atoms with Gasteiger partial charge in [0.2, 0.25) is 0 Å². The molecule has 0 fully saturated rings. The monoisotopic (exact) mass is 384 g/mol. The number of nitrogens with one attached hydrogen (secondary N) is 1. The number of ether oxygens (including phenoxy) is 2. The molecule has 2 aromatic rings. The van der Waals surface area contributed by atoms with Gasteiger partial charge in [-0.3, -0.25) is 0 Å². The van der Waals surface area contributed by atoms with Crippen molar-refractivity contribution in [1.82, 2.24) is 4.83 Å². The minimum absolute atomic E-state index is 0.117. The molecule has 9 heteroatoms. The molecule has 26 heavy (non-hydrogen) atoms. The van der Waals surface area contributed by atoms with E-state index in [-0.39, 0.29) is 16.4 Å². The topological polar surface area (TPSA) is 77.0 Å². The van der Waals surface area contributed by atoms with E-state index in [9.17, 15) is 17.2 Å². The van der Waals surface area contributed by atoms with Gasteiger partial charge < -0.3 is 9.47 Å². The molecule has 0 saturated heterocycles. The average molecular weight is 384 g/mol. The third-order valence-electron chi connectivity index (χ3n) is 3.42. The maximum Gasteiger partial charge on any atom is 0.387 e. The van der Waals surface area contributed by atoms with Gasteiger partial charge in [-0.1, -0.05) is 12.1 Å². The summed E-state index contributed by atoms with van der Waals surface area (Å²) in [6.45, 7) is 0.442. The summed E-state index contributed by atoms with van der Waals surface area (Å²) in [6.07, 6.45) is 1.18. The van der Waals surface area contributed by atoms with E-state index in [2.05, 4.69) is 14.7 Å². The van der Waals surface area contributed by atoms with Crippen LogP contribution < -0.4 is 14.3 Å². The Balaban J connectivity index is 2.21. The Kier molecular flexibility index (Phi) is 6.14. The third kappa shape index (κ3) is 4.92. The van der Waals surface area contributed by atoms with Gasteiger partial charge in [-0.2, -0.15) is 22.3 Å². The molecule has 0 bridgehead atoms.